The standard InChI is InChI=1S/C23H23N3O4/c1-24(22(29)16-8-4-2-5-9-16)15-20(28)25-13-12-18-21(25)19(27)14-26(18)23(30)17-10-6-3-7-11-17/h2-11,18,21H,12-15H2,1H3/t18-,21+/m1/s1. The largest absolute Gasteiger partial charge is 0.332 e. The van der Waals surface area contributed by atoms with Gasteiger partial charge in [-0.1, -0.05) is 36.4 Å². The Morgan fingerprint density at radius 1 is 0.933 bits per heavy atom. The van der Waals surface area contributed by atoms with E-state index in [0.717, 1.165) is 0 Å². The maximum Gasteiger partial charge on any atom is 0.254 e. The summed E-state index contributed by atoms with van der Waals surface area (Å²) >= 11 is 0. The summed E-state index contributed by atoms with van der Waals surface area (Å²) in [5.74, 6) is -0.857. The topological polar surface area (TPSA) is 78.0 Å². The molecule has 0 bridgehead atoms. The minimum absolute atomic E-state index is 0.00558. The third-order valence-corrected chi connectivity index (χ3v) is 5.76. The summed E-state index contributed by atoms with van der Waals surface area (Å²) in [6.45, 7) is 0.286. The summed E-state index contributed by atoms with van der Waals surface area (Å²) in [4.78, 5) is 55.4. The molecule has 2 saturated heterocycles. The summed E-state index contributed by atoms with van der Waals surface area (Å²) in [6, 6.07) is 16.6. The number of hydrogen-bond acceptors (Lipinski definition) is 4. The van der Waals surface area contributed by atoms with Crippen molar-refractivity contribution in [2.24, 2.45) is 0 Å². The third kappa shape index (κ3) is 3.58. The van der Waals surface area contributed by atoms with Gasteiger partial charge in [0, 0.05) is 24.7 Å². The summed E-state index contributed by atoms with van der Waals surface area (Å²) in [6.07, 6.45) is 0.553. The Labute approximate surface area is 174 Å². The van der Waals surface area contributed by atoms with E-state index in [1.807, 2.05) is 12.1 Å². The molecular formula is C23H23N3O4. The predicted octanol–water partition coefficient (Wildman–Crippen LogP) is 1.45. The van der Waals surface area contributed by atoms with Gasteiger partial charge in [0.2, 0.25) is 5.91 Å². The Kier molecular flexibility index (Phi) is 5.35. The average Bonchev–Trinajstić information content (AvgIpc) is 3.35. The Bertz CT molecular complexity index is 976. The van der Waals surface area contributed by atoms with Gasteiger partial charge in [0.15, 0.2) is 5.78 Å². The van der Waals surface area contributed by atoms with Gasteiger partial charge in [-0.25, -0.2) is 0 Å². The molecule has 0 saturated carbocycles. The Morgan fingerprint density at radius 2 is 1.53 bits per heavy atom. The summed E-state index contributed by atoms with van der Waals surface area (Å²) in [5.41, 5.74) is 1.03. The Balaban J connectivity index is 1.44. The predicted molar refractivity (Wildman–Crippen MR) is 110 cm³/mol. The van der Waals surface area contributed by atoms with Gasteiger partial charge in [0.05, 0.1) is 19.1 Å². The van der Waals surface area contributed by atoms with Crippen LogP contribution in [0.2, 0.25) is 0 Å². The zero-order valence-corrected chi connectivity index (χ0v) is 16.7. The molecule has 2 aromatic carbocycles. The van der Waals surface area contributed by atoms with Crippen LogP contribution in [0.15, 0.2) is 60.7 Å². The van der Waals surface area contributed by atoms with E-state index in [1.165, 1.54) is 9.80 Å². The van der Waals surface area contributed by atoms with Crippen LogP contribution in [0.1, 0.15) is 27.1 Å². The molecule has 4 rings (SSSR count). The maximum absolute atomic E-state index is 12.9. The minimum Gasteiger partial charge on any atom is -0.332 e. The highest BCUT2D eigenvalue weighted by molar-refractivity contribution is 6.03. The highest BCUT2D eigenvalue weighted by Gasteiger charge is 2.51. The lowest BCUT2D eigenvalue weighted by atomic mass is 10.1. The van der Waals surface area contributed by atoms with E-state index in [2.05, 4.69) is 0 Å². The van der Waals surface area contributed by atoms with Crippen molar-refractivity contribution in [3.8, 4) is 0 Å². The van der Waals surface area contributed by atoms with Crippen LogP contribution >= 0.6 is 0 Å². The fourth-order valence-corrected chi connectivity index (χ4v) is 4.28. The molecule has 0 aliphatic carbocycles. The number of nitrogens with zero attached hydrogens (tertiary/aromatic N) is 3. The van der Waals surface area contributed by atoms with E-state index in [0.29, 0.717) is 24.1 Å². The SMILES string of the molecule is CN(CC(=O)N1CC[C@@H]2[C@H]1C(=O)CN2C(=O)c1ccccc1)C(=O)c1ccccc1. The number of amides is 3. The lowest BCUT2D eigenvalue weighted by Crippen LogP contribution is -2.47. The lowest BCUT2D eigenvalue weighted by Gasteiger charge is -2.26. The van der Waals surface area contributed by atoms with Crippen LogP contribution in [-0.4, -0.2) is 77.0 Å². The molecule has 0 spiro atoms. The highest BCUT2D eigenvalue weighted by Crippen LogP contribution is 2.31. The van der Waals surface area contributed by atoms with Crippen molar-refractivity contribution in [2.45, 2.75) is 18.5 Å². The van der Waals surface area contributed by atoms with E-state index in [1.54, 1.807) is 60.5 Å². The normalized spacial score (nSPS) is 20.2. The van der Waals surface area contributed by atoms with E-state index < -0.39 is 6.04 Å². The van der Waals surface area contributed by atoms with E-state index in [9.17, 15) is 19.2 Å². The molecule has 2 atom stereocenters. The molecule has 7 nitrogen and oxygen atoms in total. The van der Waals surface area contributed by atoms with Gasteiger partial charge in [-0.2, -0.15) is 0 Å². The van der Waals surface area contributed by atoms with Crippen molar-refractivity contribution in [3.05, 3.63) is 71.8 Å². The van der Waals surface area contributed by atoms with Crippen LogP contribution in [0.4, 0.5) is 0 Å². The lowest BCUT2D eigenvalue weighted by molar-refractivity contribution is -0.136. The highest BCUT2D eigenvalue weighted by atomic mass is 16.2. The molecule has 2 fully saturated rings. The molecule has 0 unspecified atom stereocenters. The zero-order valence-electron chi connectivity index (χ0n) is 16.7. The minimum atomic E-state index is -0.634. The van der Waals surface area contributed by atoms with Gasteiger partial charge < -0.3 is 14.7 Å². The van der Waals surface area contributed by atoms with Gasteiger partial charge in [-0.05, 0) is 30.7 Å². The van der Waals surface area contributed by atoms with Crippen LogP contribution in [0.25, 0.3) is 0 Å². The van der Waals surface area contributed by atoms with Crippen LogP contribution in [0.3, 0.4) is 0 Å². The monoisotopic (exact) mass is 405 g/mol. The van der Waals surface area contributed by atoms with Crippen LogP contribution < -0.4 is 0 Å². The van der Waals surface area contributed by atoms with E-state index >= 15 is 0 Å². The second kappa shape index (κ2) is 8.10. The van der Waals surface area contributed by atoms with Crippen LogP contribution in [-0.2, 0) is 9.59 Å². The molecule has 2 aliphatic rings. The number of Topliss-reactive ketones (excluding diaryl/α,β-unsaturated/α-hetero) is 1. The number of fused-ring (bicyclic) bond motifs is 1. The molecule has 30 heavy (non-hydrogen) atoms. The molecule has 0 N–H and O–H groups in total. The van der Waals surface area contributed by atoms with Gasteiger partial charge >= 0.3 is 0 Å². The summed E-state index contributed by atoms with van der Waals surface area (Å²) in [7, 11) is 1.57. The second-order valence-corrected chi connectivity index (χ2v) is 7.68. The Hall–Kier alpha value is -3.48. The molecule has 0 aromatic heterocycles. The molecular weight excluding hydrogens is 382 g/mol. The zero-order chi connectivity index (χ0) is 21.3. The fourth-order valence-electron chi connectivity index (χ4n) is 4.28. The number of carbonyl (C=O) groups is 4. The van der Waals surface area contributed by atoms with Crippen molar-refractivity contribution < 1.29 is 19.2 Å². The first-order valence-corrected chi connectivity index (χ1v) is 9.96. The number of benzene rings is 2. The van der Waals surface area contributed by atoms with Crippen molar-refractivity contribution >= 4 is 23.5 Å². The molecule has 3 amide bonds. The molecule has 2 aromatic rings. The van der Waals surface area contributed by atoms with Crippen molar-refractivity contribution in [1.29, 1.82) is 0 Å². The van der Waals surface area contributed by atoms with Crippen molar-refractivity contribution in [3.63, 3.8) is 0 Å². The van der Waals surface area contributed by atoms with Gasteiger partial charge in [0.25, 0.3) is 11.8 Å². The first kappa shape index (κ1) is 19.8. The molecule has 2 heterocycles. The maximum atomic E-state index is 12.9. The number of likely N-dealkylation sites (tertiary alicyclic amines) is 2. The van der Waals surface area contributed by atoms with E-state index in [-0.39, 0.29) is 42.6 Å². The van der Waals surface area contributed by atoms with Crippen LogP contribution in [0, 0.1) is 0 Å². The second-order valence-electron chi connectivity index (χ2n) is 7.68. The number of carbonyl (C=O) groups excluding carboxylic acids is 4. The quantitative estimate of drug-likeness (QED) is 0.772. The average molecular weight is 405 g/mol. The van der Waals surface area contributed by atoms with E-state index in [4.69, 9.17) is 0 Å². The van der Waals surface area contributed by atoms with Crippen molar-refractivity contribution in [2.75, 3.05) is 26.7 Å². The summed E-state index contributed by atoms with van der Waals surface area (Å²) < 4.78 is 0. The first-order valence-electron chi connectivity index (χ1n) is 9.96. The number of rotatable bonds is 4. The van der Waals surface area contributed by atoms with Gasteiger partial charge in [-0.15, -0.1) is 0 Å². The molecule has 7 heteroatoms. The fraction of sp³-hybridized carbons (Fsp3) is 0.304. The molecule has 154 valence electrons. The third-order valence-electron chi connectivity index (χ3n) is 5.76. The first-order chi connectivity index (χ1) is 14.5. The smallest absolute Gasteiger partial charge is 0.254 e. The molecule has 2 aliphatic heterocycles. The number of ketones is 1. The number of hydrogen-bond donors (Lipinski definition) is 0. The van der Waals surface area contributed by atoms with Crippen molar-refractivity contribution in [1.82, 2.24) is 14.7 Å². The summed E-state index contributed by atoms with van der Waals surface area (Å²) in [5, 5.41) is 0. The van der Waals surface area contributed by atoms with Gasteiger partial charge in [-0.3, -0.25) is 19.2 Å². The van der Waals surface area contributed by atoms with Crippen LogP contribution in [0.5, 0.6) is 0 Å². The number of likely N-dealkylation sites (N-methyl/N-ethyl adjacent to an activating group) is 1. The Morgan fingerprint density at radius 3 is 2.17 bits per heavy atom. The van der Waals surface area contributed by atoms with Gasteiger partial charge in [0.1, 0.15) is 6.04 Å². The molecule has 0 radical (unpaired) electrons.